The van der Waals surface area contributed by atoms with Crippen molar-refractivity contribution in [1.82, 2.24) is 14.3 Å². The highest BCUT2D eigenvalue weighted by Gasteiger charge is 2.35. The molecule has 9 heteroatoms. The molecule has 146 valence electrons. The summed E-state index contributed by atoms with van der Waals surface area (Å²) in [5.74, 6) is -1.58. The Bertz CT molecular complexity index is 1260. The first-order valence-corrected chi connectivity index (χ1v) is 9.53. The quantitative estimate of drug-likeness (QED) is 0.364. The second-order valence-corrected chi connectivity index (χ2v) is 7.26. The summed E-state index contributed by atoms with van der Waals surface area (Å²) in [6, 6.07) is 5.52. The van der Waals surface area contributed by atoms with Gasteiger partial charge in [-0.15, -0.1) is 17.9 Å². The molecule has 1 aliphatic heterocycles. The fourth-order valence-corrected chi connectivity index (χ4v) is 4.00. The molecule has 3 aromatic rings. The summed E-state index contributed by atoms with van der Waals surface area (Å²) in [7, 11) is 0. The van der Waals surface area contributed by atoms with Crippen molar-refractivity contribution in [2.45, 2.75) is 13.5 Å². The standard InChI is InChI=1S/C20H15N3O5S/c1-3-6-22-17(25)14-5-4-12(7-15(14)18(22)26)19(27)28-9-13-8-16(24)23-11(2)10-29-20(23)21-13/h3-5,7-8,10H,1,6,9H2,2H3. The highest BCUT2D eigenvalue weighted by Crippen LogP contribution is 2.24. The van der Waals surface area contributed by atoms with Gasteiger partial charge in [-0.2, -0.15) is 0 Å². The number of rotatable bonds is 5. The summed E-state index contributed by atoms with van der Waals surface area (Å²) < 4.78 is 6.73. The van der Waals surface area contributed by atoms with Crippen LogP contribution in [0.2, 0.25) is 0 Å². The minimum absolute atomic E-state index is 0.0952. The van der Waals surface area contributed by atoms with Gasteiger partial charge in [0.2, 0.25) is 0 Å². The van der Waals surface area contributed by atoms with Crippen molar-refractivity contribution in [1.29, 1.82) is 0 Å². The average Bonchev–Trinajstić information content (AvgIpc) is 3.19. The third kappa shape index (κ3) is 3.15. The van der Waals surface area contributed by atoms with E-state index in [0.29, 0.717) is 10.7 Å². The summed E-state index contributed by atoms with van der Waals surface area (Å²) in [5, 5.41) is 1.82. The molecule has 1 aromatic carbocycles. The summed E-state index contributed by atoms with van der Waals surface area (Å²) in [6.07, 6.45) is 1.46. The van der Waals surface area contributed by atoms with Gasteiger partial charge in [-0.3, -0.25) is 23.7 Å². The number of esters is 1. The van der Waals surface area contributed by atoms with Crippen molar-refractivity contribution < 1.29 is 19.1 Å². The molecular weight excluding hydrogens is 394 g/mol. The van der Waals surface area contributed by atoms with E-state index in [2.05, 4.69) is 11.6 Å². The Morgan fingerprint density at radius 2 is 1.97 bits per heavy atom. The molecule has 0 saturated heterocycles. The lowest BCUT2D eigenvalue weighted by Gasteiger charge is -2.09. The molecule has 0 aliphatic carbocycles. The highest BCUT2D eigenvalue weighted by molar-refractivity contribution is 7.15. The van der Waals surface area contributed by atoms with Crippen LogP contribution in [0.15, 0.2) is 47.1 Å². The van der Waals surface area contributed by atoms with E-state index in [9.17, 15) is 19.2 Å². The molecule has 8 nitrogen and oxygen atoms in total. The Kier molecular flexibility index (Phi) is 4.59. The van der Waals surface area contributed by atoms with Crippen LogP contribution in [0.25, 0.3) is 4.96 Å². The second kappa shape index (κ2) is 7.10. The van der Waals surface area contributed by atoms with Gasteiger partial charge in [0.1, 0.15) is 6.61 Å². The third-order valence-electron chi connectivity index (χ3n) is 4.50. The SMILES string of the molecule is C=CCN1C(=O)c2ccc(C(=O)OCc3cc(=O)n4c(C)csc4n3)cc2C1=O. The number of hydrogen-bond acceptors (Lipinski definition) is 7. The van der Waals surface area contributed by atoms with E-state index in [-0.39, 0.29) is 35.4 Å². The monoisotopic (exact) mass is 409 g/mol. The Labute approximate surface area is 168 Å². The van der Waals surface area contributed by atoms with E-state index < -0.39 is 17.8 Å². The molecule has 2 aromatic heterocycles. The Balaban J connectivity index is 1.53. The first-order chi connectivity index (χ1) is 13.9. The number of thiazole rings is 1. The van der Waals surface area contributed by atoms with Crippen LogP contribution >= 0.6 is 11.3 Å². The fraction of sp³-hybridized carbons (Fsp3) is 0.150. The number of carbonyl (C=O) groups excluding carboxylic acids is 3. The zero-order valence-corrected chi connectivity index (χ0v) is 16.2. The molecule has 3 heterocycles. The lowest BCUT2D eigenvalue weighted by atomic mass is 10.1. The van der Waals surface area contributed by atoms with Crippen LogP contribution in [0.4, 0.5) is 0 Å². The minimum Gasteiger partial charge on any atom is -0.456 e. The lowest BCUT2D eigenvalue weighted by Crippen LogP contribution is -2.29. The Morgan fingerprint density at radius 1 is 1.21 bits per heavy atom. The van der Waals surface area contributed by atoms with E-state index in [0.717, 1.165) is 10.6 Å². The van der Waals surface area contributed by atoms with E-state index in [1.54, 1.807) is 0 Å². The molecule has 29 heavy (non-hydrogen) atoms. The number of aromatic nitrogens is 2. The summed E-state index contributed by atoms with van der Waals surface area (Å²) in [5.41, 5.74) is 1.39. The molecule has 0 fully saturated rings. The number of aryl methyl sites for hydroxylation is 1. The predicted octanol–water partition coefficient (Wildman–Crippen LogP) is 2.20. The van der Waals surface area contributed by atoms with Crippen molar-refractivity contribution in [3.8, 4) is 0 Å². The van der Waals surface area contributed by atoms with Gasteiger partial charge in [-0.05, 0) is 25.1 Å². The Hall–Kier alpha value is -3.59. The number of carbonyl (C=O) groups is 3. The van der Waals surface area contributed by atoms with E-state index in [1.807, 2.05) is 12.3 Å². The number of amides is 2. The van der Waals surface area contributed by atoms with E-state index in [4.69, 9.17) is 4.74 Å². The minimum atomic E-state index is -0.681. The van der Waals surface area contributed by atoms with Crippen molar-refractivity contribution in [3.05, 3.63) is 80.7 Å². The molecule has 0 saturated carbocycles. The van der Waals surface area contributed by atoms with Gasteiger partial charge in [-0.25, -0.2) is 9.78 Å². The summed E-state index contributed by atoms with van der Waals surface area (Å²) >= 11 is 1.32. The van der Waals surface area contributed by atoms with Crippen molar-refractivity contribution in [3.63, 3.8) is 0 Å². The van der Waals surface area contributed by atoms with Gasteiger partial charge in [0, 0.05) is 23.7 Å². The van der Waals surface area contributed by atoms with Crippen LogP contribution < -0.4 is 5.56 Å². The number of fused-ring (bicyclic) bond motifs is 2. The first-order valence-electron chi connectivity index (χ1n) is 8.65. The van der Waals surface area contributed by atoms with Crippen molar-refractivity contribution in [2.75, 3.05) is 6.54 Å². The van der Waals surface area contributed by atoms with Gasteiger partial charge >= 0.3 is 5.97 Å². The first kappa shape index (κ1) is 18.8. The zero-order valence-electron chi connectivity index (χ0n) is 15.4. The molecule has 1 aliphatic rings. The Morgan fingerprint density at radius 3 is 2.72 bits per heavy atom. The summed E-state index contributed by atoms with van der Waals surface area (Å²) in [4.78, 5) is 55.1. The predicted molar refractivity (Wildman–Crippen MR) is 105 cm³/mol. The van der Waals surface area contributed by atoms with Crippen LogP contribution in [-0.2, 0) is 11.3 Å². The number of nitrogens with zero attached hydrogens (tertiary/aromatic N) is 3. The third-order valence-corrected chi connectivity index (χ3v) is 5.44. The number of imide groups is 1. The average molecular weight is 409 g/mol. The van der Waals surface area contributed by atoms with Gasteiger partial charge < -0.3 is 4.74 Å². The van der Waals surface area contributed by atoms with Gasteiger partial charge in [-0.1, -0.05) is 6.08 Å². The van der Waals surface area contributed by atoms with Crippen LogP contribution in [0.3, 0.4) is 0 Å². The molecule has 2 amide bonds. The smallest absolute Gasteiger partial charge is 0.338 e. The maximum absolute atomic E-state index is 12.4. The molecular formula is C20H15N3O5S. The molecule has 0 N–H and O–H groups in total. The lowest BCUT2D eigenvalue weighted by molar-refractivity contribution is 0.0467. The summed E-state index contributed by atoms with van der Waals surface area (Å²) in [6.45, 7) is 5.25. The maximum atomic E-state index is 12.4. The van der Waals surface area contributed by atoms with Crippen molar-refractivity contribution in [2.24, 2.45) is 0 Å². The van der Waals surface area contributed by atoms with E-state index >= 15 is 0 Å². The van der Waals surface area contributed by atoms with Crippen molar-refractivity contribution >= 4 is 34.1 Å². The van der Waals surface area contributed by atoms with Crippen LogP contribution in [0.1, 0.15) is 42.5 Å². The number of hydrogen-bond donors (Lipinski definition) is 0. The molecule has 0 atom stereocenters. The maximum Gasteiger partial charge on any atom is 0.338 e. The van der Waals surface area contributed by atoms with E-state index in [1.165, 1.54) is 46.1 Å². The highest BCUT2D eigenvalue weighted by atomic mass is 32.1. The molecule has 0 unspecified atom stereocenters. The van der Waals surface area contributed by atoms with Gasteiger partial charge in [0.05, 0.1) is 22.4 Å². The largest absolute Gasteiger partial charge is 0.456 e. The second-order valence-electron chi connectivity index (χ2n) is 6.43. The number of benzene rings is 1. The van der Waals surface area contributed by atoms with Gasteiger partial charge in [0.15, 0.2) is 4.96 Å². The van der Waals surface area contributed by atoms with Crippen LogP contribution in [0.5, 0.6) is 0 Å². The van der Waals surface area contributed by atoms with Crippen LogP contribution in [-0.4, -0.2) is 38.6 Å². The van der Waals surface area contributed by atoms with Gasteiger partial charge in [0.25, 0.3) is 17.4 Å². The molecule has 0 bridgehead atoms. The van der Waals surface area contributed by atoms with Crippen LogP contribution in [0, 0.1) is 6.92 Å². The fourth-order valence-electron chi connectivity index (χ4n) is 3.11. The topological polar surface area (TPSA) is 98.1 Å². The normalized spacial score (nSPS) is 13.1. The molecule has 4 rings (SSSR count). The number of ether oxygens (including phenoxy) is 1. The zero-order chi connectivity index (χ0) is 20.7. The molecule has 0 spiro atoms. The molecule has 0 radical (unpaired) electrons.